The van der Waals surface area contributed by atoms with Gasteiger partial charge in [-0.15, -0.1) is 6.58 Å². The lowest BCUT2D eigenvalue weighted by Gasteiger charge is -2.16. The minimum absolute atomic E-state index is 0.365. The quantitative estimate of drug-likeness (QED) is 0.184. The molecule has 0 atom stereocenters. The Hall–Kier alpha value is -3.39. The third kappa shape index (κ3) is 3.18. The molecule has 4 rings (SSSR count). The topological polar surface area (TPSA) is 26.3 Å². The van der Waals surface area contributed by atoms with Crippen molar-refractivity contribution < 1.29 is 9.53 Å². The maximum atomic E-state index is 12.2. The zero-order valence-electron chi connectivity index (χ0n) is 15.9. The fourth-order valence-corrected chi connectivity index (χ4v) is 3.91. The first kappa shape index (κ1) is 18.0. The fraction of sp³-hybridized carbons (Fsp3) is 0.115. The molecule has 2 heteroatoms. The van der Waals surface area contributed by atoms with Crippen LogP contribution in [0.3, 0.4) is 0 Å². The van der Waals surface area contributed by atoms with Crippen LogP contribution in [0.25, 0.3) is 22.3 Å². The standard InChI is InChI=1S/C26H22O2/c1-3-9-18-12-7-16-23(26(18)28-25(27)10-4-2)22-15-8-14-21-20-13-6-5-11-19(20)17-24(21)22/h3-8,10-16H,1,9,17H2,2H3. The van der Waals surface area contributed by atoms with E-state index in [4.69, 9.17) is 4.74 Å². The van der Waals surface area contributed by atoms with E-state index in [2.05, 4.69) is 49.0 Å². The van der Waals surface area contributed by atoms with Gasteiger partial charge in [-0.25, -0.2) is 4.79 Å². The summed E-state index contributed by atoms with van der Waals surface area (Å²) >= 11 is 0. The molecular formula is C26H22O2. The summed E-state index contributed by atoms with van der Waals surface area (Å²) in [6.45, 7) is 5.65. The molecule has 0 spiro atoms. The SMILES string of the molecule is C=CCc1cccc(-c2cccc3c2Cc2ccccc2-3)c1OC(=O)C=CC. The minimum atomic E-state index is -0.365. The van der Waals surface area contributed by atoms with E-state index in [0.717, 1.165) is 23.1 Å². The second kappa shape index (κ2) is 7.69. The maximum Gasteiger partial charge on any atom is 0.335 e. The average molecular weight is 366 g/mol. The number of allylic oxidation sites excluding steroid dienone is 2. The maximum absolute atomic E-state index is 12.2. The van der Waals surface area contributed by atoms with Gasteiger partial charge in [-0.2, -0.15) is 0 Å². The molecule has 3 aromatic rings. The third-order valence-electron chi connectivity index (χ3n) is 5.11. The molecule has 0 amide bonds. The molecule has 138 valence electrons. The Bertz CT molecular complexity index is 1090. The predicted molar refractivity (Wildman–Crippen MR) is 114 cm³/mol. The zero-order valence-corrected chi connectivity index (χ0v) is 15.9. The molecule has 0 heterocycles. The molecular weight excluding hydrogens is 344 g/mol. The van der Waals surface area contributed by atoms with Crippen molar-refractivity contribution in [2.75, 3.05) is 0 Å². The largest absolute Gasteiger partial charge is 0.422 e. The summed E-state index contributed by atoms with van der Waals surface area (Å²) in [6, 6.07) is 20.9. The van der Waals surface area contributed by atoms with Crippen LogP contribution in [0.15, 0.2) is 85.5 Å². The summed E-state index contributed by atoms with van der Waals surface area (Å²) in [6.07, 6.45) is 6.49. The number of rotatable bonds is 5. The van der Waals surface area contributed by atoms with Crippen LogP contribution >= 0.6 is 0 Å². The van der Waals surface area contributed by atoms with Gasteiger partial charge in [-0.05, 0) is 53.1 Å². The Kier molecular flexibility index (Phi) is 4.94. The molecule has 1 aliphatic carbocycles. The summed E-state index contributed by atoms with van der Waals surface area (Å²) in [5, 5.41) is 0. The van der Waals surface area contributed by atoms with Crippen molar-refractivity contribution in [1.29, 1.82) is 0 Å². The highest BCUT2D eigenvalue weighted by atomic mass is 16.5. The van der Waals surface area contributed by atoms with Crippen molar-refractivity contribution in [3.63, 3.8) is 0 Å². The predicted octanol–water partition coefficient (Wildman–Crippen LogP) is 6.13. The Balaban J connectivity index is 1.88. The van der Waals surface area contributed by atoms with E-state index in [0.29, 0.717) is 12.2 Å². The molecule has 0 radical (unpaired) electrons. The molecule has 2 nitrogen and oxygen atoms in total. The summed E-state index contributed by atoms with van der Waals surface area (Å²) in [5.41, 5.74) is 8.17. The summed E-state index contributed by atoms with van der Waals surface area (Å²) in [7, 11) is 0. The van der Waals surface area contributed by atoms with Crippen LogP contribution < -0.4 is 4.74 Å². The van der Waals surface area contributed by atoms with E-state index in [9.17, 15) is 4.79 Å². The lowest BCUT2D eigenvalue weighted by Crippen LogP contribution is -2.07. The fourth-order valence-electron chi connectivity index (χ4n) is 3.91. The highest BCUT2D eigenvalue weighted by molar-refractivity contribution is 5.90. The van der Waals surface area contributed by atoms with E-state index in [1.54, 1.807) is 13.0 Å². The highest BCUT2D eigenvalue weighted by Crippen LogP contribution is 2.44. The first-order valence-corrected chi connectivity index (χ1v) is 9.50. The molecule has 0 aliphatic heterocycles. The number of benzene rings is 3. The molecule has 28 heavy (non-hydrogen) atoms. The van der Waals surface area contributed by atoms with Crippen molar-refractivity contribution in [2.45, 2.75) is 19.8 Å². The van der Waals surface area contributed by atoms with Crippen molar-refractivity contribution in [3.05, 3.63) is 102 Å². The van der Waals surface area contributed by atoms with Gasteiger partial charge in [0.05, 0.1) is 0 Å². The molecule has 0 bridgehead atoms. The number of fused-ring (bicyclic) bond motifs is 3. The van der Waals surface area contributed by atoms with Crippen molar-refractivity contribution in [1.82, 2.24) is 0 Å². The monoisotopic (exact) mass is 366 g/mol. The normalized spacial score (nSPS) is 11.9. The van der Waals surface area contributed by atoms with Gasteiger partial charge >= 0.3 is 5.97 Å². The summed E-state index contributed by atoms with van der Waals surface area (Å²) in [4.78, 5) is 12.2. The second-order valence-electron chi connectivity index (χ2n) is 6.87. The van der Waals surface area contributed by atoms with Gasteiger partial charge in [-0.3, -0.25) is 0 Å². The van der Waals surface area contributed by atoms with Gasteiger partial charge in [0.15, 0.2) is 0 Å². The molecule has 0 N–H and O–H groups in total. The van der Waals surface area contributed by atoms with Crippen LogP contribution in [0.4, 0.5) is 0 Å². The number of carbonyl (C=O) groups is 1. The minimum Gasteiger partial charge on any atom is -0.422 e. The van der Waals surface area contributed by atoms with Crippen LogP contribution in [-0.4, -0.2) is 5.97 Å². The lowest BCUT2D eigenvalue weighted by atomic mass is 9.93. The molecule has 0 saturated carbocycles. The van der Waals surface area contributed by atoms with Gasteiger partial charge in [0.25, 0.3) is 0 Å². The van der Waals surface area contributed by atoms with Crippen molar-refractivity contribution in [2.24, 2.45) is 0 Å². The first-order chi connectivity index (χ1) is 13.7. The van der Waals surface area contributed by atoms with E-state index in [1.165, 1.54) is 28.3 Å². The van der Waals surface area contributed by atoms with Gasteiger partial charge in [0.2, 0.25) is 0 Å². The van der Waals surface area contributed by atoms with Gasteiger partial charge in [0, 0.05) is 11.6 Å². The average Bonchev–Trinajstić information content (AvgIpc) is 3.08. The third-order valence-corrected chi connectivity index (χ3v) is 5.11. The molecule has 3 aromatic carbocycles. The van der Waals surface area contributed by atoms with E-state index >= 15 is 0 Å². The Morgan fingerprint density at radius 1 is 0.964 bits per heavy atom. The first-order valence-electron chi connectivity index (χ1n) is 9.50. The van der Waals surface area contributed by atoms with E-state index in [1.807, 2.05) is 24.3 Å². The van der Waals surface area contributed by atoms with E-state index in [-0.39, 0.29) is 5.97 Å². The van der Waals surface area contributed by atoms with Gasteiger partial charge in [0.1, 0.15) is 5.75 Å². The molecule has 0 saturated heterocycles. The van der Waals surface area contributed by atoms with Crippen LogP contribution in [0.5, 0.6) is 5.75 Å². The molecule has 1 aliphatic rings. The van der Waals surface area contributed by atoms with E-state index < -0.39 is 0 Å². The smallest absolute Gasteiger partial charge is 0.335 e. The number of ether oxygens (including phenoxy) is 1. The number of para-hydroxylation sites is 1. The Morgan fingerprint density at radius 3 is 2.43 bits per heavy atom. The molecule has 0 fully saturated rings. The number of carbonyl (C=O) groups excluding carboxylic acids is 1. The van der Waals surface area contributed by atoms with Gasteiger partial charge < -0.3 is 4.74 Å². The van der Waals surface area contributed by atoms with Crippen molar-refractivity contribution >= 4 is 5.97 Å². The van der Waals surface area contributed by atoms with Crippen LogP contribution in [0.2, 0.25) is 0 Å². The summed E-state index contributed by atoms with van der Waals surface area (Å²) < 4.78 is 5.79. The number of esters is 1. The number of hydrogen-bond donors (Lipinski definition) is 0. The van der Waals surface area contributed by atoms with Crippen LogP contribution in [0, 0.1) is 0 Å². The Morgan fingerprint density at radius 2 is 1.64 bits per heavy atom. The van der Waals surface area contributed by atoms with Gasteiger partial charge in [-0.1, -0.05) is 72.8 Å². The van der Waals surface area contributed by atoms with Crippen molar-refractivity contribution in [3.8, 4) is 28.0 Å². The Labute approximate surface area is 165 Å². The van der Waals surface area contributed by atoms with Crippen LogP contribution in [0.1, 0.15) is 23.6 Å². The highest BCUT2D eigenvalue weighted by Gasteiger charge is 2.23. The van der Waals surface area contributed by atoms with Crippen LogP contribution in [-0.2, 0) is 17.6 Å². The molecule has 0 aromatic heterocycles. The zero-order chi connectivity index (χ0) is 19.5. The molecule has 0 unspecified atom stereocenters. The second-order valence-corrected chi connectivity index (χ2v) is 6.87. The lowest BCUT2D eigenvalue weighted by molar-refractivity contribution is -0.129. The summed E-state index contributed by atoms with van der Waals surface area (Å²) in [5.74, 6) is 0.256. The number of hydrogen-bond acceptors (Lipinski definition) is 2.